The lowest BCUT2D eigenvalue weighted by atomic mass is 9.75. The number of Topliss-reactive ketones (excluding diaryl/α,β-unsaturated/α-hetero) is 1. The number of nitrogens with zero attached hydrogens (tertiary/aromatic N) is 1. The van der Waals surface area contributed by atoms with Gasteiger partial charge in [0.25, 0.3) is 0 Å². The summed E-state index contributed by atoms with van der Waals surface area (Å²) in [5.74, 6) is -5.68. The summed E-state index contributed by atoms with van der Waals surface area (Å²) in [6.07, 6.45) is -7.16. The molecular weight excluding hydrogens is 630 g/mol. The molecule has 4 N–H and O–H groups in total. The fourth-order valence-corrected chi connectivity index (χ4v) is 7.95. The predicted molar refractivity (Wildman–Crippen MR) is 170 cm³/mol. The molecule has 48 heavy (non-hydrogen) atoms. The van der Waals surface area contributed by atoms with Crippen LogP contribution in [0.2, 0.25) is 0 Å². The van der Waals surface area contributed by atoms with Crippen molar-refractivity contribution < 1.29 is 63.2 Å². The highest BCUT2D eigenvalue weighted by Gasteiger charge is 2.65. The summed E-state index contributed by atoms with van der Waals surface area (Å²) in [5.41, 5.74) is -3.70. The van der Waals surface area contributed by atoms with Crippen LogP contribution in [0.4, 0.5) is 0 Å². The third-order valence-corrected chi connectivity index (χ3v) is 10.9. The van der Waals surface area contributed by atoms with E-state index in [1.807, 2.05) is 32.8 Å². The summed E-state index contributed by atoms with van der Waals surface area (Å²) in [6, 6.07) is -0.303. The smallest absolute Gasteiger partial charge is 0.311 e. The van der Waals surface area contributed by atoms with Crippen LogP contribution in [0.1, 0.15) is 74.7 Å². The third kappa shape index (κ3) is 8.09. The number of hydrogen-bond acceptors (Lipinski definition) is 14. The van der Waals surface area contributed by atoms with Crippen LogP contribution in [0.15, 0.2) is 0 Å². The van der Waals surface area contributed by atoms with E-state index in [9.17, 15) is 30.0 Å². The number of cyclic esters (lactones) is 1. The number of epoxide rings is 1. The number of aliphatic hydroxyl groups is 4. The van der Waals surface area contributed by atoms with E-state index >= 15 is 0 Å². The van der Waals surface area contributed by atoms with Crippen molar-refractivity contribution in [1.29, 1.82) is 0 Å². The van der Waals surface area contributed by atoms with Crippen LogP contribution >= 0.6 is 0 Å². The van der Waals surface area contributed by atoms with Gasteiger partial charge in [-0.25, -0.2) is 0 Å². The molecule has 4 saturated heterocycles. The third-order valence-electron chi connectivity index (χ3n) is 10.9. The number of likely N-dealkylation sites (N-methyl/N-ethyl adjacent to an activating group) is 1. The lowest BCUT2D eigenvalue weighted by Gasteiger charge is -2.47. The van der Waals surface area contributed by atoms with Gasteiger partial charge in [0.15, 0.2) is 12.6 Å². The zero-order valence-electron chi connectivity index (χ0n) is 30.3. The molecule has 0 aromatic carbocycles. The Hall–Kier alpha value is -1.30. The minimum Gasteiger partial charge on any atom is -0.462 e. The Morgan fingerprint density at radius 2 is 1.54 bits per heavy atom. The molecule has 4 fully saturated rings. The molecule has 14 nitrogen and oxygen atoms in total. The lowest BCUT2D eigenvalue weighted by Crippen LogP contribution is -2.60. The van der Waals surface area contributed by atoms with Gasteiger partial charge in [-0.05, 0) is 61.6 Å². The summed E-state index contributed by atoms with van der Waals surface area (Å²) in [6.45, 7) is 12.5. The number of fused-ring (bicyclic) bond motifs is 1. The number of ether oxygens (including phenoxy) is 7. The van der Waals surface area contributed by atoms with E-state index in [4.69, 9.17) is 33.2 Å². The van der Waals surface area contributed by atoms with E-state index in [1.54, 1.807) is 27.9 Å². The maximum Gasteiger partial charge on any atom is 0.311 e. The number of hydrogen-bond donors (Lipinski definition) is 4. The van der Waals surface area contributed by atoms with Crippen LogP contribution in [0, 0.1) is 23.7 Å². The molecule has 14 heteroatoms. The van der Waals surface area contributed by atoms with Crippen molar-refractivity contribution >= 4 is 11.8 Å². The van der Waals surface area contributed by atoms with Crippen LogP contribution in [0.5, 0.6) is 0 Å². The van der Waals surface area contributed by atoms with Crippen molar-refractivity contribution in [3.05, 3.63) is 0 Å². The molecule has 4 aliphatic rings. The van der Waals surface area contributed by atoms with Gasteiger partial charge in [-0.3, -0.25) is 9.59 Å². The maximum absolute atomic E-state index is 13.7. The van der Waals surface area contributed by atoms with Crippen LogP contribution in [-0.2, 0) is 42.7 Å². The van der Waals surface area contributed by atoms with Crippen LogP contribution in [0.3, 0.4) is 0 Å². The molecule has 0 radical (unpaired) electrons. The molecule has 0 saturated carbocycles. The van der Waals surface area contributed by atoms with Crippen LogP contribution in [-0.4, -0.2) is 143 Å². The number of esters is 1. The van der Waals surface area contributed by atoms with Crippen molar-refractivity contribution in [2.45, 2.75) is 153 Å². The van der Waals surface area contributed by atoms with Gasteiger partial charge in [-0.15, -0.1) is 0 Å². The van der Waals surface area contributed by atoms with E-state index in [2.05, 4.69) is 0 Å². The molecule has 0 aromatic rings. The highest BCUT2D eigenvalue weighted by atomic mass is 16.8. The first kappa shape index (κ1) is 39.5. The molecule has 0 aromatic heterocycles. The standard InChI is InChI=1S/C34H59NO13/c1-16-13-32(7,40)28(47-31-25(37)22(35(9)10)12-17(2)44-31)19(4)26(46-23-14-34(42-11)29(48-34)21(6)45-23)20(5)30(39)43-15-33(8,41)27(38)18(3)24(16)36/h16-23,25-29,31,37-38,40-41H,12-15H2,1-11H3/t16-,17-,18+,19+,20-,21-,22?,23+,25?,26+,27-,28-,29+,31+,32-,33-,34?/m1/s1. The molecule has 3 unspecified atom stereocenters. The number of methoxy groups -OCH3 is 1. The minimum atomic E-state index is -1.94. The second-order valence-corrected chi connectivity index (χ2v) is 15.5. The van der Waals surface area contributed by atoms with Crippen molar-refractivity contribution in [2.24, 2.45) is 23.7 Å². The average molecular weight is 690 g/mol. The van der Waals surface area contributed by atoms with E-state index in [-0.39, 0.29) is 37.2 Å². The van der Waals surface area contributed by atoms with Crippen LogP contribution < -0.4 is 0 Å². The summed E-state index contributed by atoms with van der Waals surface area (Å²) < 4.78 is 42.4. The quantitative estimate of drug-likeness (QED) is 0.228. The molecule has 4 heterocycles. The zero-order chi connectivity index (χ0) is 36.1. The van der Waals surface area contributed by atoms with Gasteiger partial charge in [-0.2, -0.15) is 0 Å². The molecule has 0 bridgehead atoms. The van der Waals surface area contributed by atoms with E-state index in [1.165, 1.54) is 20.8 Å². The fourth-order valence-electron chi connectivity index (χ4n) is 7.95. The number of rotatable bonds is 6. The first-order valence-electron chi connectivity index (χ1n) is 17.2. The maximum atomic E-state index is 13.7. The van der Waals surface area contributed by atoms with Crippen molar-refractivity contribution in [3.63, 3.8) is 0 Å². The molecule has 0 spiro atoms. The fraction of sp³-hybridized carbons (Fsp3) is 0.941. The van der Waals surface area contributed by atoms with E-state index in [0.29, 0.717) is 6.42 Å². The monoisotopic (exact) mass is 689 g/mol. The molecule has 0 amide bonds. The predicted octanol–water partition coefficient (Wildman–Crippen LogP) is 0.983. The van der Waals surface area contributed by atoms with Gasteiger partial charge in [0.05, 0.1) is 48.5 Å². The summed E-state index contributed by atoms with van der Waals surface area (Å²) in [7, 11) is 5.25. The summed E-state index contributed by atoms with van der Waals surface area (Å²) in [4.78, 5) is 29.2. The Morgan fingerprint density at radius 3 is 2.15 bits per heavy atom. The topological polar surface area (TPSA) is 186 Å². The first-order chi connectivity index (χ1) is 22.2. The minimum absolute atomic E-state index is 0.111. The highest BCUT2D eigenvalue weighted by molar-refractivity contribution is 5.83. The van der Waals surface area contributed by atoms with Gasteiger partial charge >= 0.3 is 5.97 Å². The summed E-state index contributed by atoms with van der Waals surface area (Å²) in [5, 5.41) is 45.8. The highest BCUT2D eigenvalue weighted by Crippen LogP contribution is 2.49. The number of ketones is 1. The van der Waals surface area contributed by atoms with Gasteiger partial charge in [0.1, 0.15) is 30.2 Å². The average Bonchev–Trinajstić information content (AvgIpc) is 3.76. The van der Waals surface area contributed by atoms with E-state index in [0.717, 1.165) is 0 Å². The Bertz CT molecular complexity index is 1130. The Kier molecular flexibility index (Phi) is 12.1. The Morgan fingerprint density at radius 1 is 0.896 bits per heavy atom. The van der Waals surface area contributed by atoms with Gasteiger partial charge < -0.3 is 58.5 Å². The van der Waals surface area contributed by atoms with Gasteiger partial charge in [0, 0.05) is 30.9 Å². The van der Waals surface area contributed by atoms with Crippen molar-refractivity contribution in [1.82, 2.24) is 4.90 Å². The Balaban J connectivity index is 1.76. The second-order valence-electron chi connectivity index (χ2n) is 15.5. The summed E-state index contributed by atoms with van der Waals surface area (Å²) >= 11 is 0. The normalized spacial score (nSPS) is 51.2. The van der Waals surface area contributed by atoms with Crippen molar-refractivity contribution in [3.8, 4) is 0 Å². The van der Waals surface area contributed by atoms with Gasteiger partial charge in [-0.1, -0.05) is 20.8 Å². The number of carbonyl (C=O) groups excluding carboxylic acids is 2. The largest absolute Gasteiger partial charge is 0.462 e. The van der Waals surface area contributed by atoms with E-state index < -0.39 is 96.0 Å². The molecular formula is C34H59NO13. The zero-order valence-corrected chi connectivity index (χ0v) is 30.3. The molecule has 278 valence electrons. The first-order valence-corrected chi connectivity index (χ1v) is 17.2. The van der Waals surface area contributed by atoms with Crippen LogP contribution in [0.25, 0.3) is 0 Å². The molecule has 4 aliphatic heterocycles. The second kappa shape index (κ2) is 14.7. The van der Waals surface area contributed by atoms with Gasteiger partial charge in [0.2, 0.25) is 5.79 Å². The molecule has 0 aliphatic carbocycles. The number of aliphatic hydroxyl groups excluding tert-OH is 2. The Labute approximate surface area is 284 Å². The lowest BCUT2D eigenvalue weighted by molar-refractivity contribution is -0.307. The number of carbonyl (C=O) groups is 2. The van der Waals surface area contributed by atoms with Crippen molar-refractivity contribution in [2.75, 3.05) is 27.8 Å². The molecule has 17 atom stereocenters. The molecule has 4 rings (SSSR count). The SMILES string of the molecule is COC12C[C@H](O[C@H]3[C@H](C)[C@@H](O[C@@H]4O[C@H](C)CC(N(C)C)C4O)[C@](C)(O)C[C@@H](C)C(=O)[C@H](C)[C@@H](O)[C@](C)(O)COC(=O)[C@@H]3C)O[C@H](C)[C@@H]1O2.